The lowest BCUT2D eigenvalue weighted by molar-refractivity contribution is -0.137. The highest BCUT2D eigenvalue weighted by Gasteiger charge is 2.30. The third-order valence-corrected chi connectivity index (χ3v) is 9.07. The Balaban J connectivity index is 1.20. The molecule has 1 aromatic heterocycles. The van der Waals surface area contributed by atoms with Gasteiger partial charge in [0.2, 0.25) is 11.9 Å². The van der Waals surface area contributed by atoms with Gasteiger partial charge in [-0.05, 0) is 85.0 Å². The van der Waals surface area contributed by atoms with Crippen molar-refractivity contribution in [2.75, 3.05) is 43.5 Å². The molecule has 6 heterocycles. The number of amides is 2. The van der Waals surface area contributed by atoms with Crippen LogP contribution in [0, 0.1) is 5.41 Å². The summed E-state index contributed by atoms with van der Waals surface area (Å²) in [5, 5.41) is 9.52. The molecule has 14 nitrogen and oxygen atoms in total. The van der Waals surface area contributed by atoms with Crippen LogP contribution in [0.2, 0.25) is 5.02 Å². The van der Waals surface area contributed by atoms with Crippen LogP contribution in [0.1, 0.15) is 54.2 Å². The van der Waals surface area contributed by atoms with Crippen molar-refractivity contribution in [1.29, 1.82) is 0 Å². The molecule has 0 atom stereocenters. The number of halogens is 4. The Kier molecular flexibility index (Phi) is 12.8. The predicted octanol–water partition coefficient (Wildman–Crippen LogP) is 8.21. The number of nitrogens with zero attached hydrogens (tertiary/aromatic N) is 4. The molecular weight excluding hydrogens is 783 g/mol. The first-order chi connectivity index (χ1) is 27.6. The molecule has 3 aromatic carbocycles. The van der Waals surface area contributed by atoms with E-state index in [9.17, 15) is 22.8 Å². The Morgan fingerprint density at radius 1 is 0.983 bits per heavy atom. The van der Waals surface area contributed by atoms with Crippen LogP contribution in [0.4, 0.5) is 35.5 Å². The number of nitrogens with one attached hydrogen (secondary N) is 3. The largest absolute Gasteiger partial charge is 0.492 e. The van der Waals surface area contributed by atoms with Crippen molar-refractivity contribution in [3.05, 3.63) is 118 Å². The third-order valence-electron chi connectivity index (χ3n) is 8.77. The van der Waals surface area contributed by atoms with Crippen molar-refractivity contribution < 1.29 is 46.4 Å². The van der Waals surface area contributed by atoms with Gasteiger partial charge in [0.1, 0.15) is 18.1 Å². The summed E-state index contributed by atoms with van der Waals surface area (Å²) < 4.78 is 67.2. The lowest BCUT2D eigenvalue weighted by Crippen LogP contribution is -2.45. The first kappa shape index (κ1) is 41.4. The van der Waals surface area contributed by atoms with E-state index in [1.54, 1.807) is 48.2 Å². The van der Waals surface area contributed by atoms with Gasteiger partial charge in [-0.3, -0.25) is 4.79 Å². The Labute approximate surface area is 337 Å². The van der Waals surface area contributed by atoms with Gasteiger partial charge in [0.05, 0.1) is 17.2 Å². The van der Waals surface area contributed by atoms with Crippen molar-refractivity contribution in [2.24, 2.45) is 5.41 Å². The lowest BCUT2D eigenvalue weighted by atomic mass is 9.92. The number of benzene rings is 3. The summed E-state index contributed by atoms with van der Waals surface area (Å²) in [5.74, 6) is 1.24. The quantitative estimate of drug-likeness (QED) is 0.178. The van der Waals surface area contributed by atoms with Gasteiger partial charge in [-0.2, -0.15) is 28.1 Å². The van der Waals surface area contributed by atoms with E-state index in [0.717, 1.165) is 17.7 Å². The van der Waals surface area contributed by atoms with Crippen LogP contribution < -0.4 is 25.4 Å². The molecule has 0 saturated heterocycles. The van der Waals surface area contributed by atoms with Gasteiger partial charge in [0, 0.05) is 37.4 Å². The van der Waals surface area contributed by atoms with Gasteiger partial charge in [-0.15, -0.1) is 0 Å². The predicted molar refractivity (Wildman–Crippen MR) is 207 cm³/mol. The van der Waals surface area contributed by atoms with Crippen LogP contribution in [0.15, 0.2) is 90.8 Å². The second-order valence-electron chi connectivity index (χ2n) is 14.1. The van der Waals surface area contributed by atoms with Crippen LogP contribution in [-0.4, -0.2) is 64.7 Å². The summed E-state index contributed by atoms with van der Waals surface area (Å²) in [5.41, 5.74) is 0.805. The van der Waals surface area contributed by atoms with E-state index >= 15 is 0 Å². The first-order valence-electron chi connectivity index (χ1n) is 18.1. The molecule has 0 spiro atoms. The zero-order valence-electron chi connectivity index (χ0n) is 31.9. The molecule has 58 heavy (non-hydrogen) atoms. The zero-order chi connectivity index (χ0) is 41.5. The minimum absolute atomic E-state index is 0.0928. The van der Waals surface area contributed by atoms with E-state index in [1.807, 2.05) is 19.9 Å². The second kappa shape index (κ2) is 17.9. The van der Waals surface area contributed by atoms with E-state index in [0.29, 0.717) is 45.5 Å². The molecule has 18 heteroatoms. The summed E-state index contributed by atoms with van der Waals surface area (Å²) in [7, 11) is 0. The molecule has 0 unspecified atom stereocenters. The molecular formula is C40H41ClF3N7O7. The highest BCUT2D eigenvalue weighted by molar-refractivity contribution is 6.32. The van der Waals surface area contributed by atoms with E-state index < -0.39 is 23.2 Å². The van der Waals surface area contributed by atoms with E-state index in [4.69, 9.17) is 35.3 Å². The summed E-state index contributed by atoms with van der Waals surface area (Å²) in [4.78, 5) is 41.4. The standard InChI is InChI=1S/C40H41ClF3N7O7/c1-24-33(58-25(2)57-24)21-56-38(53)51-16-5-17-54-32-15-8-27(18-31(32)41)19-45-35-48-36(47-30-13-9-28(10-14-30)34(52)46-22-39(3,4)23-51)50-37(49-35)55-20-26-6-11-29(12-7-26)40(42,43)44/h6-15,18H,2,5,16-17,19-23H2,1,3-4H3,(H,46,52)(H2,45,47,48,49,50). The van der Waals surface area contributed by atoms with E-state index in [2.05, 4.69) is 37.5 Å². The maximum absolute atomic E-state index is 13.4. The van der Waals surface area contributed by atoms with Crippen molar-refractivity contribution in [3.8, 4) is 11.8 Å². The number of rotatable bonds is 5. The molecule has 5 aliphatic rings. The van der Waals surface area contributed by atoms with Crippen molar-refractivity contribution >= 4 is 41.2 Å². The molecule has 0 fully saturated rings. The highest BCUT2D eigenvalue weighted by atomic mass is 35.5. The molecule has 306 valence electrons. The van der Waals surface area contributed by atoms with Crippen LogP contribution in [-0.2, 0) is 33.5 Å². The molecule has 5 aliphatic heterocycles. The number of allylic oxidation sites excluding steroid dienone is 1. The highest BCUT2D eigenvalue weighted by Crippen LogP contribution is 2.30. The summed E-state index contributed by atoms with van der Waals surface area (Å²) >= 11 is 6.60. The van der Waals surface area contributed by atoms with Crippen LogP contribution in [0.5, 0.6) is 11.8 Å². The first-order valence-corrected chi connectivity index (χ1v) is 18.5. The Bertz CT molecular complexity index is 2170. The van der Waals surface area contributed by atoms with Crippen molar-refractivity contribution in [3.63, 3.8) is 0 Å². The zero-order valence-corrected chi connectivity index (χ0v) is 32.6. The molecule has 9 rings (SSSR count). The van der Waals surface area contributed by atoms with Crippen molar-refractivity contribution in [2.45, 2.75) is 46.5 Å². The number of aromatic nitrogens is 3. The number of ether oxygens (including phenoxy) is 5. The van der Waals surface area contributed by atoms with Gasteiger partial charge in [0.15, 0.2) is 12.4 Å². The van der Waals surface area contributed by atoms with Gasteiger partial charge in [-0.25, -0.2) is 4.79 Å². The number of anilines is 3. The van der Waals surface area contributed by atoms with Crippen LogP contribution in [0.25, 0.3) is 0 Å². The van der Waals surface area contributed by atoms with Crippen molar-refractivity contribution in [1.82, 2.24) is 25.2 Å². The Morgan fingerprint density at radius 2 is 1.72 bits per heavy atom. The maximum Gasteiger partial charge on any atom is 0.416 e. The number of hydrogen-bond donors (Lipinski definition) is 3. The smallest absolute Gasteiger partial charge is 0.416 e. The monoisotopic (exact) mass is 823 g/mol. The van der Waals surface area contributed by atoms with Gasteiger partial charge in [-0.1, -0.05) is 43.6 Å². The Hall–Kier alpha value is -6.23. The molecule has 4 aromatic rings. The molecule has 2 amide bonds. The summed E-state index contributed by atoms with van der Waals surface area (Å²) in [6.45, 7) is 10.1. The van der Waals surface area contributed by atoms with E-state index in [1.165, 1.54) is 12.1 Å². The fraction of sp³-hybridized carbons (Fsp3) is 0.325. The van der Waals surface area contributed by atoms with Crippen LogP contribution in [0.3, 0.4) is 0 Å². The normalized spacial score (nSPS) is 16.2. The molecule has 6 bridgehead atoms. The third kappa shape index (κ3) is 11.4. The van der Waals surface area contributed by atoms with Gasteiger partial charge < -0.3 is 44.5 Å². The summed E-state index contributed by atoms with van der Waals surface area (Å²) in [6, 6.07) is 16.4. The van der Waals surface area contributed by atoms with Crippen LogP contribution >= 0.6 is 11.6 Å². The SMILES string of the molecule is C=C1OC(C)=C(COC(=O)N2CCCOc3ccc(cc3Cl)CNc3nc(nc(OCc4ccc(C(F)(F)F)cc4)n3)Nc3ccc(cc3)C(=O)NCC(C)(C)C2)O1. The Morgan fingerprint density at radius 3 is 2.41 bits per heavy atom. The molecule has 0 radical (unpaired) electrons. The fourth-order valence-electron chi connectivity index (χ4n) is 5.75. The van der Waals surface area contributed by atoms with Gasteiger partial charge in [0.25, 0.3) is 11.9 Å². The summed E-state index contributed by atoms with van der Waals surface area (Å²) in [6.07, 6.45) is -4.61. The number of alkyl halides is 3. The number of carbonyl (C=O) groups is 2. The molecule has 3 N–H and O–H groups in total. The average molecular weight is 824 g/mol. The topological polar surface area (TPSA) is 158 Å². The minimum Gasteiger partial charge on any atom is -0.492 e. The van der Waals surface area contributed by atoms with E-state index in [-0.39, 0.29) is 75.8 Å². The number of carbonyl (C=O) groups excluding carboxylic acids is 2. The maximum atomic E-state index is 13.4. The minimum atomic E-state index is -4.46. The number of hydrogen-bond acceptors (Lipinski definition) is 12. The fourth-order valence-corrected chi connectivity index (χ4v) is 6.01. The average Bonchev–Trinajstić information content (AvgIpc) is 3.51. The second-order valence-corrected chi connectivity index (χ2v) is 14.6. The molecule has 0 saturated carbocycles. The molecule has 0 aliphatic carbocycles. The lowest BCUT2D eigenvalue weighted by Gasteiger charge is -2.32. The van der Waals surface area contributed by atoms with Gasteiger partial charge >= 0.3 is 18.3 Å².